The molecule has 2 atom stereocenters. The number of nitrogens with one attached hydrogen (secondary N) is 1. The zero-order valence-corrected chi connectivity index (χ0v) is 25.4. The van der Waals surface area contributed by atoms with Gasteiger partial charge in [0.05, 0.1) is 16.2 Å². The van der Waals surface area contributed by atoms with Gasteiger partial charge in [0.25, 0.3) is 0 Å². The highest BCUT2D eigenvalue weighted by molar-refractivity contribution is 7.93. The molecular formula is C30H43ClFN3O4S. The standard InChI is InChI=1S/C30H43ClFN3O4S/c1-4-34(23-15-13-16-24(21-23)39-22-25-26(31)17-14-18-27(25)32)40(36,37)28-29(38-6-3)33-35(5-2)30(28)19-11-9-7-8-10-12-20-30/h13-18,21,28-29,33H,4-12,19-20,22H2,1-3H3. The van der Waals surface area contributed by atoms with Gasteiger partial charge in [0.1, 0.15) is 29.7 Å². The van der Waals surface area contributed by atoms with Crippen molar-refractivity contribution >= 4 is 27.3 Å². The maximum atomic E-state index is 14.7. The fourth-order valence-electron chi connectivity index (χ4n) is 6.38. The summed E-state index contributed by atoms with van der Waals surface area (Å²) in [5.74, 6) is -0.0124. The second-order valence-electron chi connectivity index (χ2n) is 10.6. The number of benzene rings is 2. The van der Waals surface area contributed by atoms with E-state index in [9.17, 15) is 12.8 Å². The number of rotatable bonds is 10. The molecule has 2 unspecified atom stereocenters. The summed E-state index contributed by atoms with van der Waals surface area (Å²) < 4.78 is 57.2. The highest BCUT2D eigenvalue weighted by Crippen LogP contribution is 2.44. The molecule has 2 aliphatic rings. The van der Waals surface area contributed by atoms with Crippen molar-refractivity contribution < 1.29 is 22.3 Å². The Morgan fingerprint density at radius 2 is 1.73 bits per heavy atom. The maximum Gasteiger partial charge on any atom is 0.243 e. The average Bonchev–Trinajstić information content (AvgIpc) is 3.29. The smallest absolute Gasteiger partial charge is 0.243 e. The van der Waals surface area contributed by atoms with Gasteiger partial charge < -0.3 is 9.47 Å². The van der Waals surface area contributed by atoms with E-state index in [2.05, 4.69) is 17.4 Å². The van der Waals surface area contributed by atoms with E-state index in [-0.39, 0.29) is 23.7 Å². The van der Waals surface area contributed by atoms with Crippen LogP contribution in [0.4, 0.5) is 10.1 Å². The van der Waals surface area contributed by atoms with Gasteiger partial charge in [0.2, 0.25) is 10.0 Å². The first-order valence-electron chi connectivity index (χ1n) is 14.6. The van der Waals surface area contributed by atoms with Gasteiger partial charge in [-0.1, -0.05) is 69.2 Å². The minimum atomic E-state index is -3.90. The largest absolute Gasteiger partial charge is 0.489 e. The van der Waals surface area contributed by atoms with Crippen molar-refractivity contribution in [1.82, 2.24) is 10.4 Å². The summed E-state index contributed by atoms with van der Waals surface area (Å²) >= 11 is 6.17. The van der Waals surface area contributed by atoms with Crippen LogP contribution in [-0.4, -0.2) is 50.1 Å². The maximum absolute atomic E-state index is 14.7. The van der Waals surface area contributed by atoms with Crippen LogP contribution in [0.1, 0.15) is 77.7 Å². The summed E-state index contributed by atoms with van der Waals surface area (Å²) in [6, 6.07) is 11.5. The van der Waals surface area contributed by atoms with Crippen molar-refractivity contribution in [2.45, 2.75) is 95.8 Å². The lowest BCUT2D eigenvalue weighted by Gasteiger charge is -2.42. The number of ether oxygens (including phenoxy) is 2. The van der Waals surface area contributed by atoms with Gasteiger partial charge in [-0.15, -0.1) is 0 Å². The first kappa shape index (κ1) is 31.0. The van der Waals surface area contributed by atoms with Gasteiger partial charge in [-0.05, 0) is 51.0 Å². The highest BCUT2D eigenvalue weighted by Gasteiger charge is 2.60. The van der Waals surface area contributed by atoms with Crippen LogP contribution < -0.4 is 14.5 Å². The molecule has 1 spiro atoms. The number of hydrazine groups is 1. The molecule has 1 aliphatic carbocycles. The van der Waals surface area contributed by atoms with Crippen molar-refractivity contribution in [2.75, 3.05) is 24.0 Å². The van der Waals surface area contributed by atoms with Crippen LogP contribution in [-0.2, 0) is 21.4 Å². The van der Waals surface area contributed by atoms with Crippen LogP contribution in [0.25, 0.3) is 0 Å². The lowest BCUT2D eigenvalue weighted by Crippen LogP contribution is -2.58. The van der Waals surface area contributed by atoms with Crippen LogP contribution >= 0.6 is 11.6 Å². The van der Waals surface area contributed by atoms with Crippen molar-refractivity contribution in [3.63, 3.8) is 0 Å². The minimum absolute atomic E-state index is 0.0681. The van der Waals surface area contributed by atoms with E-state index in [1.165, 1.54) is 23.2 Å². The normalized spacial score (nSPS) is 22.0. The third-order valence-electron chi connectivity index (χ3n) is 8.22. The molecule has 1 saturated carbocycles. The predicted molar refractivity (Wildman–Crippen MR) is 159 cm³/mol. The van der Waals surface area contributed by atoms with E-state index in [4.69, 9.17) is 21.1 Å². The summed E-state index contributed by atoms with van der Waals surface area (Å²) in [5.41, 5.74) is 3.64. The van der Waals surface area contributed by atoms with E-state index >= 15 is 0 Å². The first-order chi connectivity index (χ1) is 19.3. The lowest BCUT2D eigenvalue weighted by molar-refractivity contribution is 0.0203. The zero-order chi connectivity index (χ0) is 28.8. The Labute approximate surface area is 244 Å². The summed E-state index contributed by atoms with van der Waals surface area (Å²) in [5, 5.41) is 1.65. The molecule has 1 aliphatic heterocycles. The summed E-state index contributed by atoms with van der Waals surface area (Å²) in [4.78, 5) is 0. The molecule has 0 aromatic heterocycles. The quantitative estimate of drug-likeness (QED) is 0.331. The number of halogens is 2. The van der Waals surface area contributed by atoms with Crippen LogP contribution in [0.15, 0.2) is 42.5 Å². The molecule has 222 valence electrons. The topological polar surface area (TPSA) is 71.1 Å². The van der Waals surface area contributed by atoms with Gasteiger partial charge >= 0.3 is 0 Å². The Kier molecular flexibility index (Phi) is 10.7. The van der Waals surface area contributed by atoms with E-state index in [1.54, 1.807) is 36.4 Å². The molecule has 2 aromatic rings. The Hall–Kier alpha value is -1.91. The third kappa shape index (κ3) is 6.44. The summed E-state index contributed by atoms with van der Waals surface area (Å²) in [6.45, 7) is 7.09. The lowest BCUT2D eigenvalue weighted by atomic mass is 9.84. The van der Waals surface area contributed by atoms with Gasteiger partial charge in [-0.3, -0.25) is 4.31 Å². The van der Waals surface area contributed by atoms with Gasteiger partial charge in [0, 0.05) is 31.3 Å². The molecule has 1 heterocycles. The minimum Gasteiger partial charge on any atom is -0.489 e. The third-order valence-corrected chi connectivity index (χ3v) is 11.0. The first-order valence-corrected chi connectivity index (χ1v) is 16.5. The highest BCUT2D eigenvalue weighted by atomic mass is 35.5. The Balaban J connectivity index is 1.68. The second-order valence-corrected chi connectivity index (χ2v) is 13.0. The molecule has 0 bridgehead atoms. The molecule has 7 nitrogen and oxygen atoms in total. The number of nitrogens with zero attached hydrogens (tertiary/aromatic N) is 2. The van der Waals surface area contributed by atoms with Crippen molar-refractivity contribution in [3.05, 3.63) is 58.9 Å². The molecule has 0 amide bonds. The molecule has 40 heavy (non-hydrogen) atoms. The Morgan fingerprint density at radius 3 is 2.35 bits per heavy atom. The van der Waals surface area contributed by atoms with E-state index in [0.717, 1.165) is 38.5 Å². The van der Waals surface area contributed by atoms with Gasteiger partial charge in [-0.25, -0.2) is 23.2 Å². The van der Waals surface area contributed by atoms with Gasteiger partial charge in [0.15, 0.2) is 0 Å². The molecule has 2 fully saturated rings. The molecule has 1 N–H and O–H groups in total. The van der Waals surface area contributed by atoms with E-state index in [1.807, 2.05) is 13.8 Å². The number of hydrogen-bond acceptors (Lipinski definition) is 6. The van der Waals surface area contributed by atoms with Gasteiger partial charge in [-0.2, -0.15) is 0 Å². The number of sulfonamides is 1. The van der Waals surface area contributed by atoms with Crippen molar-refractivity contribution in [1.29, 1.82) is 0 Å². The summed E-state index contributed by atoms with van der Waals surface area (Å²) in [6.07, 6.45) is 7.50. The predicted octanol–water partition coefficient (Wildman–Crippen LogP) is 6.66. The average molecular weight is 596 g/mol. The van der Waals surface area contributed by atoms with Crippen LogP contribution in [0.5, 0.6) is 5.75 Å². The zero-order valence-electron chi connectivity index (χ0n) is 23.9. The van der Waals surface area contributed by atoms with Crippen LogP contribution in [0.3, 0.4) is 0 Å². The molecule has 0 radical (unpaired) electrons. The van der Waals surface area contributed by atoms with Crippen molar-refractivity contribution in [3.8, 4) is 5.75 Å². The fourth-order valence-corrected chi connectivity index (χ4v) is 9.01. The van der Waals surface area contributed by atoms with Crippen molar-refractivity contribution in [2.24, 2.45) is 0 Å². The summed E-state index contributed by atoms with van der Waals surface area (Å²) in [7, 11) is -3.90. The van der Waals surface area contributed by atoms with Crippen LogP contribution in [0.2, 0.25) is 5.02 Å². The van der Waals surface area contributed by atoms with E-state index in [0.29, 0.717) is 24.6 Å². The number of anilines is 1. The fraction of sp³-hybridized carbons (Fsp3) is 0.600. The monoisotopic (exact) mass is 595 g/mol. The molecule has 4 rings (SSSR count). The number of hydrogen-bond donors (Lipinski definition) is 1. The van der Waals surface area contributed by atoms with E-state index < -0.39 is 32.9 Å². The molecule has 1 saturated heterocycles. The molecule has 10 heteroatoms. The second kappa shape index (κ2) is 13.8. The Bertz CT molecular complexity index is 1200. The molecule has 2 aromatic carbocycles. The molecular weight excluding hydrogens is 553 g/mol. The SMILES string of the molecule is CCOC1NN(CC)C2(CCCCCCCC2)C1S(=O)(=O)N(CC)c1cccc(OCc2c(F)cccc2Cl)c1. The van der Waals surface area contributed by atoms with Crippen LogP contribution in [0, 0.1) is 5.82 Å². The Morgan fingerprint density at radius 1 is 1.05 bits per heavy atom.